The Morgan fingerprint density at radius 1 is 1.00 bits per heavy atom. The van der Waals surface area contributed by atoms with Crippen molar-refractivity contribution in [3.63, 3.8) is 0 Å². The second-order valence-corrected chi connectivity index (χ2v) is 10.0. The van der Waals surface area contributed by atoms with E-state index < -0.39 is 59.9 Å². The van der Waals surface area contributed by atoms with Gasteiger partial charge in [0.2, 0.25) is 23.6 Å². The summed E-state index contributed by atoms with van der Waals surface area (Å²) in [7, 11) is 0. The van der Waals surface area contributed by atoms with Gasteiger partial charge in [-0.3, -0.25) is 24.0 Å². The Bertz CT molecular complexity index is 904. The van der Waals surface area contributed by atoms with Gasteiger partial charge in [-0.15, -0.1) is 0 Å². The lowest BCUT2D eigenvalue weighted by Crippen LogP contribution is -2.52. The maximum Gasteiger partial charge on any atom is 0.328 e. The van der Waals surface area contributed by atoms with E-state index in [9.17, 15) is 33.6 Å². The van der Waals surface area contributed by atoms with Crippen molar-refractivity contribution in [1.82, 2.24) is 26.6 Å². The van der Waals surface area contributed by atoms with Gasteiger partial charge in [0, 0.05) is 6.42 Å². The summed E-state index contributed by atoms with van der Waals surface area (Å²) in [4.78, 5) is 86.3. The van der Waals surface area contributed by atoms with Gasteiger partial charge in [0.15, 0.2) is 5.78 Å². The van der Waals surface area contributed by atoms with Crippen LogP contribution in [0, 0.1) is 11.3 Å². The highest BCUT2D eigenvalue weighted by atomic mass is 16.5. The van der Waals surface area contributed by atoms with E-state index in [-0.39, 0.29) is 44.0 Å². The fraction of sp³-hybridized carbons (Fsp3) is 0.720. The molecule has 4 unspecified atom stereocenters. The predicted molar refractivity (Wildman–Crippen MR) is 138 cm³/mol. The highest BCUT2D eigenvalue weighted by molar-refractivity contribution is 6.04. The van der Waals surface area contributed by atoms with Crippen LogP contribution in [0.4, 0.5) is 0 Å². The van der Waals surface area contributed by atoms with Crippen molar-refractivity contribution >= 4 is 41.7 Å². The molecule has 1 aliphatic heterocycles. The second kappa shape index (κ2) is 16.5. The molecule has 6 N–H and O–H groups in total. The predicted octanol–water partition coefficient (Wildman–Crippen LogP) is -2.29. The molecule has 0 spiro atoms. The minimum atomic E-state index is -1.76. The molecule has 4 atom stereocenters. The van der Waals surface area contributed by atoms with Crippen molar-refractivity contribution in [1.29, 1.82) is 0 Å². The molecule has 1 fully saturated rings. The number of ether oxygens (including phenoxy) is 1. The fourth-order valence-electron chi connectivity index (χ4n) is 4.13. The number of amides is 4. The lowest BCUT2D eigenvalue weighted by Gasteiger charge is -2.28. The summed E-state index contributed by atoms with van der Waals surface area (Å²) < 4.78 is 4.75. The maximum absolute atomic E-state index is 13.1. The summed E-state index contributed by atoms with van der Waals surface area (Å²) in [5, 5.41) is 21.4. The Hall–Kier alpha value is -3.39. The second-order valence-electron chi connectivity index (χ2n) is 10.0. The molecule has 4 amide bonds. The molecule has 0 aromatic rings. The van der Waals surface area contributed by atoms with Gasteiger partial charge in [0.05, 0.1) is 31.2 Å². The molecule has 0 bridgehead atoms. The number of nitrogens with one attached hydrogen (secondary N) is 5. The lowest BCUT2D eigenvalue weighted by atomic mass is 9.74. The maximum atomic E-state index is 13.1. The van der Waals surface area contributed by atoms with E-state index in [4.69, 9.17) is 9.84 Å². The molecule has 0 aromatic heterocycles. The van der Waals surface area contributed by atoms with Crippen molar-refractivity contribution < 1.29 is 43.4 Å². The Balaban J connectivity index is 2.68. The average molecular weight is 556 g/mol. The molecular weight excluding hydrogens is 514 g/mol. The van der Waals surface area contributed by atoms with Crippen molar-refractivity contribution in [2.45, 2.75) is 71.5 Å². The zero-order valence-electron chi connectivity index (χ0n) is 23.0. The standard InChI is InChI=1S/C25H41N5O9/c1-15(2)10-25(14-32,11-20(34)30-17(4)24(38)39-9-8-31)19(33)12-27-22(36)16(3)29-21(35)13-28-23(37)18-6-5-7-26-18/h14-18,26,31H,5-13H2,1-4H3,(H,27,36)(H,28,37)(H,29,35)(H,30,34). The van der Waals surface area contributed by atoms with E-state index in [1.807, 2.05) is 0 Å². The van der Waals surface area contributed by atoms with Gasteiger partial charge in [0.1, 0.15) is 25.0 Å². The fourth-order valence-corrected chi connectivity index (χ4v) is 4.13. The Morgan fingerprint density at radius 2 is 1.67 bits per heavy atom. The molecular formula is C25H41N5O9. The van der Waals surface area contributed by atoms with Crippen LogP contribution < -0.4 is 26.6 Å². The summed E-state index contributed by atoms with van der Waals surface area (Å²) >= 11 is 0. The number of Topliss-reactive ketones (excluding diaryl/α,β-unsaturated/α-hetero) is 1. The minimum absolute atomic E-state index is 0.0177. The van der Waals surface area contributed by atoms with Gasteiger partial charge in [-0.25, -0.2) is 4.79 Å². The molecule has 1 aliphatic rings. The Kier molecular flexibility index (Phi) is 14.3. The number of aldehydes is 1. The molecule has 0 saturated carbocycles. The SMILES string of the molecule is CC(C)CC(C=O)(CC(=O)NC(C)C(=O)OCCO)C(=O)CNC(=O)C(C)NC(=O)CNC(=O)C1CCCN1. The molecule has 14 nitrogen and oxygen atoms in total. The van der Waals surface area contributed by atoms with Crippen LogP contribution in [-0.2, 0) is 38.3 Å². The van der Waals surface area contributed by atoms with Crippen molar-refractivity contribution in [2.75, 3.05) is 32.8 Å². The third-order valence-corrected chi connectivity index (χ3v) is 6.09. The molecule has 1 rings (SSSR count). The number of aliphatic hydroxyl groups excluding tert-OH is 1. The third-order valence-electron chi connectivity index (χ3n) is 6.09. The first-order chi connectivity index (χ1) is 18.3. The van der Waals surface area contributed by atoms with Crippen LogP contribution in [0.1, 0.15) is 53.4 Å². The van der Waals surface area contributed by atoms with Crippen molar-refractivity contribution in [3.05, 3.63) is 0 Å². The first kappa shape index (κ1) is 33.6. The number of esters is 1. The molecule has 220 valence electrons. The first-order valence-corrected chi connectivity index (χ1v) is 13.0. The van der Waals surface area contributed by atoms with Gasteiger partial charge < -0.3 is 41.2 Å². The van der Waals surface area contributed by atoms with Crippen LogP contribution >= 0.6 is 0 Å². The van der Waals surface area contributed by atoms with Gasteiger partial charge >= 0.3 is 5.97 Å². The van der Waals surface area contributed by atoms with Crippen LogP contribution in [0.15, 0.2) is 0 Å². The number of carbonyl (C=O) groups is 7. The third kappa shape index (κ3) is 11.5. The number of carbonyl (C=O) groups excluding carboxylic acids is 7. The van der Waals surface area contributed by atoms with Crippen LogP contribution in [0.25, 0.3) is 0 Å². The molecule has 0 radical (unpaired) electrons. The molecule has 1 saturated heterocycles. The summed E-state index contributed by atoms with van der Waals surface area (Å²) in [5.41, 5.74) is -1.76. The summed E-state index contributed by atoms with van der Waals surface area (Å²) in [6.07, 6.45) is 1.39. The van der Waals surface area contributed by atoms with E-state index in [1.165, 1.54) is 13.8 Å². The summed E-state index contributed by atoms with van der Waals surface area (Å²) in [5.74, 6) is -4.01. The largest absolute Gasteiger partial charge is 0.462 e. The zero-order valence-corrected chi connectivity index (χ0v) is 23.0. The number of rotatable bonds is 17. The number of hydrogen-bond acceptors (Lipinski definition) is 10. The molecule has 14 heteroatoms. The van der Waals surface area contributed by atoms with Crippen LogP contribution in [0.3, 0.4) is 0 Å². The van der Waals surface area contributed by atoms with E-state index in [1.54, 1.807) is 13.8 Å². The first-order valence-electron chi connectivity index (χ1n) is 13.0. The lowest BCUT2D eigenvalue weighted by molar-refractivity contribution is -0.149. The van der Waals surface area contributed by atoms with Gasteiger partial charge in [-0.2, -0.15) is 0 Å². The number of ketones is 1. The van der Waals surface area contributed by atoms with Gasteiger partial charge in [0.25, 0.3) is 0 Å². The molecule has 0 aliphatic carbocycles. The van der Waals surface area contributed by atoms with E-state index >= 15 is 0 Å². The van der Waals surface area contributed by atoms with Crippen LogP contribution in [-0.4, -0.2) is 97.7 Å². The summed E-state index contributed by atoms with van der Waals surface area (Å²) in [6.45, 7) is 5.48. The van der Waals surface area contributed by atoms with Gasteiger partial charge in [-0.1, -0.05) is 13.8 Å². The smallest absolute Gasteiger partial charge is 0.328 e. The van der Waals surface area contributed by atoms with E-state index in [0.717, 1.165) is 13.0 Å². The zero-order chi connectivity index (χ0) is 29.6. The van der Waals surface area contributed by atoms with Crippen molar-refractivity contribution in [3.8, 4) is 0 Å². The van der Waals surface area contributed by atoms with Crippen LogP contribution in [0.2, 0.25) is 0 Å². The molecule has 39 heavy (non-hydrogen) atoms. The number of aliphatic hydroxyl groups is 1. The Labute approximate surface area is 227 Å². The van der Waals surface area contributed by atoms with E-state index in [2.05, 4.69) is 26.6 Å². The highest BCUT2D eigenvalue weighted by Gasteiger charge is 2.41. The average Bonchev–Trinajstić information content (AvgIpc) is 3.43. The molecule has 0 aromatic carbocycles. The van der Waals surface area contributed by atoms with Crippen LogP contribution in [0.5, 0.6) is 0 Å². The van der Waals surface area contributed by atoms with Gasteiger partial charge in [-0.05, 0) is 45.6 Å². The van der Waals surface area contributed by atoms with Crippen molar-refractivity contribution in [2.24, 2.45) is 11.3 Å². The minimum Gasteiger partial charge on any atom is -0.462 e. The topological polar surface area (TPSA) is 209 Å². The quantitative estimate of drug-likeness (QED) is 0.0642. The monoisotopic (exact) mass is 555 g/mol. The number of hydrogen-bond donors (Lipinski definition) is 6. The Morgan fingerprint density at radius 3 is 2.23 bits per heavy atom. The summed E-state index contributed by atoms with van der Waals surface area (Å²) in [6, 6.07) is -2.47. The van der Waals surface area contributed by atoms with E-state index in [0.29, 0.717) is 12.7 Å². The highest BCUT2D eigenvalue weighted by Crippen LogP contribution is 2.29. The normalized spacial score (nSPS) is 17.7. The molecule has 1 heterocycles.